The molecule has 0 saturated carbocycles. The van der Waals surface area contributed by atoms with Crippen LogP contribution in [-0.4, -0.2) is 11.5 Å². The summed E-state index contributed by atoms with van der Waals surface area (Å²) in [4.78, 5) is 10.2. The fourth-order valence-electron chi connectivity index (χ4n) is 4.70. The van der Waals surface area contributed by atoms with E-state index in [0.717, 1.165) is 37.7 Å². The number of benzene rings is 1. The van der Waals surface area contributed by atoms with E-state index in [1.807, 2.05) is 18.2 Å². The normalized spacial score (nSPS) is 13.1. The first-order chi connectivity index (χ1) is 17.6. The minimum Gasteiger partial charge on any atom is -0.404 e. The highest BCUT2D eigenvalue weighted by Crippen LogP contribution is 2.45. The molecule has 1 N–H and O–H groups in total. The van der Waals surface area contributed by atoms with Crippen LogP contribution >= 0.6 is 7.82 Å². The molecule has 36 heavy (non-hydrogen) atoms. The van der Waals surface area contributed by atoms with Crippen LogP contribution in [0.25, 0.3) is 0 Å². The van der Waals surface area contributed by atoms with Crippen molar-refractivity contribution in [3.05, 3.63) is 29.8 Å². The van der Waals surface area contributed by atoms with Gasteiger partial charge in [-0.3, -0.25) is 9.42 Å². The van der Waals surface area contributed by atoms with E-state index in [4.69, 9.17) is 9.05 Å². The monoisotopic (exact) mass is 524 g/mol. The number of hydrogen-bond acceptors (Lipinski definition) is 3. The molecule has 0 amide bonds. The number of para-hydroxylation sites is 1. The van der Waals surface area contributed by atoms with Crippen molar-refractivity contribution >= 4 is 7.82 Å². The van der Waals surface area contributed by atoms with E-state index >= 15 is 0 Å². The average Bonchev–Trinajstić information content (AvgIpc) is 2.86. The zero-order valence-corrected chi connectivity index (χ0v) is 24.6. The van der Waals surface area contributed by atoms with Gasteiger partial charge >= 0.3 is 7.82 Å². The van der Waals surface area contributed by atoms with Gasteiger partial charge in [0.15, 0.2) is 0 Å². The Morgan fingerprint density at radius 1 is 0.611 bits per heavy atom. The molecule has 1 aromatic rings. The number of rotatable bonds is 26. The third-order valence-corrected chi connectivity index (χ3v) is 7.92. The highest BCUT2D eigenvalue weighted by molar-refractivity contribution is 7.47. The van der Waals surface area contributed by atoms with Gasteiger partial charge in [-0.05, 0) is 30.9 Å². The zero-order valence-electron chi connectivity index (χ0n) is 23.7. The van der Waals surface area contributed by atoms with E-state index in [2.05, 4.69) is 13.8 Å². The molecule has 0 fully saturated rings. The zero-order chi connectivity index (χ0) is 26.2. The molecule has 0 aliphatic rings. The predicted molar refractivity (Wildman–Crippen MR) is 155 cm³/mol. The van der Waals surface area contributed by atoms with Crippen LogP contribution in [0, 0.1) is 0 Å². The van der Waals surface area contributed by atoms with Crippen LogP contribution in [0.15, 0.2) is 24.3 Å². The second-order valence-electron chi connectivity index (χ2n) is 10.5. The highest BCUT2D eigenvalue weighted by atomic mass is 31.2. The van der Waals surface area contributed by atoms with Crippen LogP contribution in [-0.2, 0) is 15.5 Å². The largest absolute Gasteiger partial charge is 0.527 e. The molecule has 1 rings (SSSR count). The van der Waals surface area contributed by atoms with Crippen molar-refractivity contribution < 1.29 is 18.5 Å². The molecule has 0 heterocycles. The van der Waals surface area contributed by atoms with Gasteiger partial charge in [-0.2, -0.15) is 0 Å². The quantitative estimate of drug-likeness (QED) is 0.0967. The number of phosphoric ester groups is 1. The van der Waals surface area contributed by atoms with Crippen LogP contribution in [0.3, 0.4) is 0 Å². The summed E-state index contributed by atoms with van der Waals surface area (Å²) >= 11 is 0. The molecule has 5 heteroatoms. The molecule has 4 nitrogen and oxygen atoms in total. The van der Waals surface area contributed by atoms with E-state index < -0.39 is 7.82 Å². The van der Waals surface area contributed by atoms with Gasteiger partial charge in [0.05, 0.1) is 6.61 Å². The Morgan fingerprint density at radius 2 is 1.03 bits per heavy atom. The Kier molecular flexibility index (Phi) is 21.5. The van der Waals surface area contributed by atoms with Gasteiger partial charge < -0.3 is 4.52 Å². The molecule has 0 aliphatic carbocycles. The Labute approximate surface area is 223 Å². The molecule has 210 valence electrons. The molecule has 0 aliphatic heterocycles. The fourth-order valence-corrected chi connectivity index (χ4v) is 5.54. The molecule has 0 bridgehead atoms. The Bertz CT molecular complexity index is 664. The van der Waals surface area contributed by atoms with Crippen LogP contribution in [0.5, 0.6) is 5.75 Å². The van der Waals surface area contributed by atoms with Crippen molar-refractivity contribution in [2.24, 2.45) is 0 Å². The van der Waals surface area contributed by atoms with Crippen molar-refractivity contribution in [2.75, 3.05) is 6.61 Å². The first-order valence-corrected chi connectivity index (χ1v) is 16.8. The second-order valence-corrected chi connectivity index (χ2v) is 11.8. The number of aryl methyl sites for hydroxylation is 1. The Hall–Kier alpha value is -0.830. The molecule has 1 aromatic carbocycles. The fraction of sp³-hybridized carbons (Fsp3) is 0.806. The minimum atomic E-state index is -4.09. The van der Waals surface area contributed by atoms with Crippen molar-refractivity contribution in [1.29, 1.82) is 0 Å². The van der Waals surface area contributed by atoms with Gasteiger partial charge in [-0.25, -0.2) is 4.57 Å². The third-order valence-electron chi connectivity index (χ3n) is 6.99. The van der Waals surface area contributed by atoms with Gasteiger partial charge in [0.1, 0.15) is 5.75 Å². The van der Waals surface area contributed by atoms with Gasteiger partial charge in [0, 0.05) is 0 Å². The maximum atomic E-state index is 12.5. The van der Waals surface area contributed by atoms with Gasteiger partial charge in [0.2, 0.25) is 0 Å². The summed E-state index contributed by atoms with van der Waals surface area (Å²) in [5.41, 5.74) is 0.987. The van der Waals surface area contributed by atoms with Crippen LogP contribution in [0.1, 0.15) is 154 Å². The van der Waals surface area contributed by atoms with E-state index in [1.165, 1.54) is 109 Å². The predicted octanol–water partition coefficient (Wildman–Crippen LogP) is 11.0. The highest BCUT2D eigenvalue weighted by Gasteiger charge is 2.23. The van der Waals surface area contributed by atoms with Crippen molar-refractivity contribution in [2.45, 2.75) is 155 Å². The second kappa shape index (κ2) is 23.3. The van der Waals surface area contributed by atoms with E-state index in [-0.39, 0.29) is 6.61 Å². The summed E-state index contributed by atoms with van der Waals surface area (Å²) < 4.78 is 23.2. The maximum absolute atomic E-state index is 12.5. The molecule has 1 atom stereocenters. The smallest absolute Gasteiger partial charge is 0.404 e. The molecule has 1 unspecified atom stereocenters. The molecular formula is C31H57O4P. The lowest BCUT2D eigenvalue weighted by molar-refractivity contribution is 0.199. The van der Waals surface area contributed by atoms with E-state index in [1.54, 1.807) is 6.07 Å². The maximum Gasteiger partial charge on any atom is 0.527 e. The Morgan fingerprint density at radius 3 is 1.53 bits per heavy atom. The molecule has 0 saturated heterocycles. The van der Waals surface area contributed by atoms with E-state index in [9.17, 15) is 9.46 Å². The summed E-state index contributed by atoms with van der Waals surface area (Å²) in [7, 11) is -4.09. The van der Waals surface area contributed by atoms with Crippen molar-refractivity contribution in [3.63, 3.8) is 0 Å². The summed E-state index contributed by atoms with van der Waals surface area (Å²) in [5, 5.41) is 0. The van der Waals surface area contributed by atoms with Crippen LogP contribution in [0.2, 0.25) is 0 Å². The average molecular weight is 525 g/mol. The summed E-state index contributed by atoms with van der Waals surface area (Å²) in [6.45, 7) is 4.78. The lowest BCUT2D eigenvalue weighted by Gasteiger charge is -2.16. The summed E-state index contributed by atoms with van der Waals surface area (Å²) in [5.74, 6) is 0.482. The topological polar surface area (TPSA) is 55.8 Å². The van der Waals surface area contributed by atoms with Crippen molar-refractivity contribution in [1.82, 2.24) is 0 Å². The van der Waals surface area contributed by atoms with Crippen molar-refractivity contribution in [3.8, 4) is 5.75 Å². The Balaban J connectivity index is 2.08. The molecule has 0 radical (unpaired) electrons. The van der Waals surface area contributed by atoms with E-state index in [0.29, 0.717) is 5.75 Å². The first kappa shape index (κ1) is 33.2. The van der Waals surface area contributed by atoms with Gasteiger partial charge in [0.25, 0.3) is 0 Å². The number of phosphoric acid groups is 1. The summed E-state index contributed by atoms with van der Waals surface area (Å²) in [6, 6.07) is 7.56. The molecule has 0 spiro atoms. The molecule has 0 aromatic heterocycles. The lowest BCUT2D eigenvalue weighted by atomic mass is 10.0. The lowest BCUT2D eigenvalue weighted by Crippen LogP contribution is -2.01. The number of unbranched alkanes of at least 4 members (excludes halogenated alkanes) is 19. The third kappa shape index (κ3) is 19.3. The first-order valence-electron chi connectivity index (χ1n) is 15.3. The standard InChI is InChI=1S/C31H57O4P/c1-3-5-7-9-11-12-13-14-15-16-17-19-21-25-29-34-36(32,33)35-31-28-24-23-27-30(31)26-22-20-18-10-8-6-4-2/h23-24,27-28H,3-22,25-26,29H2,1-2H3,(H,32,33). The molecular weight excluding hydrogens is 467 g/mol. The number of hydrogen-bond donors (Lipinski definition) is 1. The summed E-state index contributed by atoms with van der Waals surface area (Å²) in [6.07, 6.45) is 27.5. The van der Waals surface area contributed by atoms with Crippen LogP contribution < -0.4 is 4.52 Å². The van der Waals surface area contributed by atoms with Crippen LogP contribution in [0.4, 0.5) is 0 Å². The van der Waals surface area contributed by atoms with Gasteiger partial charge in [-0.1, -0.05) is 154 Å². The minimum absolute atomic E-state index is 0.270. The SMILES string of the molecule is CCCCCCCCCCCCCCCCOP(=O)(O)Oc1ccccc1CCCCCCCCC. The van der Waals surface area contributed by atoms with Gasteiger partial charge in [-0.15, -0.1) is 0 Å².